The predicted octanol–water partition coefficient (Wildman–Crippen LogP) is 4.71. The average molecular weight is 381 g/mol. The summed E-state index contributed by atoms with van der Waals surface area (Å²) in [5.74, 6) is 0. The minimum atomic E-state index is -4.37. The number of nitrogens with zero attached hydrogens (tertiary/aromatic N) is 3. The molecule has 0 aliphatic carbocycles. The van der Waals surface area contributed by atoms with E-state index in [9.17, 15) is 18.0 Å². The molecule has 5 nitrogen and oxygen atoms in total. The van der Waals surface area contributed by atoms with Gasteiger partial charge in [0.15, 0.2) is 0 Å². The van der Waals surface area contributed by atoms with Crippen molar-refractivity contribution in [3.05, 3.63) is 41.6 Å². The first-order chi connectivity index (χ1) is 12.4. The lowest BCUT2D eigenvalue weighted by Gasteiger charge is -2.35. The van der Waals surface area contributed by atoms with Gasteiger partial charge in [0.1, 0.15) is 5.60 Å². The lowest BCUT2D eigenvalue weighted by atomic mass is 10.1. The number of halogens is 3. The number of fused-ring (bicyclic) bond motifs is 1. The van der Waals surface area contributed by atoms with Gasteiger partial charge in [-0.25, -0.2) is 4.79 Å². The van der Waals surface area contributed by atoms with Gasteiger partial charge in [-0.15, -0.1) is 0 Å². The molecule has 1 aliphatic heterocycles. The van der Waals surface area contributed by atoms with Crippen molar-refractivity contribution >= 4 is 6.09 Å². The molecule has 1 atom stereocenters. The second-order valence-electron chi connectivity index (χ2n) is 7.74. The number of hydrogen-bond acceptors (Lipinski definition) is 3. The number of carbonyl (C=O) groups excluding carboxylic acids is 1. The molecule has 0 N–H and O–H groups in total. The third kappa shape index (κ3) is 4.26. The maximum absolute atomic E-state index is 12.7. The summed E-state index contributed by atoms with van der Waals surface area (Å²) >= 11 is 0. The van der Waals surface area contributed by atoms with Crippen LogP contribution in [0.25, 0.3) is 11.3 Å². The molecule has 0 unspecified atom stereocenters. The number of ether oxygens (including phenoxy) is 1. The van der Waals surface area contributed by atoms with Crippen LogP contribution in [0.15, 0.2) is 30.3 Å². The second-order valence-corrected chi connectivity index (χ2v) is 7.74. The third-order valence-corrected chi connectivity index (χ3v) is 4.30. The second kappa shape index (κ2) is 6.58. The fraction of sp³-hybridized carbons (Fsp3) is 0.474. The molecule has 27 heavy (non-hydrogen) atoms. The fourth-order valence-corrected chi connectivity index (χ4v) is 2.96. The summed E-state index contributed by atoms with van der Waals surface area (Å²) in [6.45, 7) is 8.18. The number of carbonyl (C=O) groups is 1. The van der Waals surface area contributed by atoms with E-state index in [1.807, 2.05) is 27.7 Å². The van der Waals surface area contributed by atoms with E-state index in [0.717, 1.165) is 17.8 Å². The van der Waals surface area contributed by atoms with Crippen LogP contribution in [-0.2, 0) is 24.0 Å². The Labute approximate surface area is 155 Å². The van der Waals surface area contributed by atoms with E-state index < -0.39 is 23.4 Å². The van der Waals surface area contributed by atoms with Gasteiger partial charge in [-0.3, -0.25) is 9.58 Å². The molecule has 1 aromatic heterocycles. The Morgan fingerprint density at radius 3 is 2.37 bits per heavy atom. The van der Waals surface area contributed by atoms with Crippen molar-refractivity contribution in [3.63, 3.8) is 0 Å². The Kier molecular flexibility index (Phi) is 4.69. The zero-order valence-electron chi connectivity index (χ0n) is 15.7. The van der Waals surface area contributed by atoms with E-state index in [0.29, 0.717) is 24.3 Å². The van der Waals surface area contributed by atoms with Crippen LogP contribution in [0, 0.1) is 0 Å². The van der Waals surface area contributed by atoms with Gasteiger partial charge in [-0.2, -0.15) is 18.3 Å². The van der Waals surface area contributed by atoms with E-state index in [4.69, 9.17) is 4.74 Å². The van der Waals surface area contributed by atoms with Gasteiger partial charge in [0.05, 0.1) is 36.1 Å². The Morgan fingerprint density at radius 2 is 1.81 bits per heavy atom. The maximum atomic E-state index is 12.7. The van der Waals surface area contributed by atoms with Crippen molar-refractivity contribution in [3.8, 4) is 11.3 Å². The maximum Gasteiger partial charge on any atom is 0.416 e. The molecular formula is C19H22F3N3O2. The number of benzene rings is 1. The molecular weight excluding hydrogens is 359 g/mol. The highest BCUT2D eigenvalue weighted by molar-refractivity contribution is 5.69. The quantitative estimate of drug-likeness (QED) is 0.719. The lowest BCUT2D eigenvalue weighted by Crippen LogP contribution is -2.46. The summed E-state index contributed by atoms with van der Waals surface area (Å²) < 4.78 is 45.4. The molecule has 1 aliphatic rings. The Balaban J connectivity index is 1.81. The third-order valence-electron chi connectivity index (χ3n) is 4.30. The highest BCUT2D eigenvalue weighted by Crippen LogP contribution is 2.31. The first kappa shape index (κ1) is 19.3. The summed E-state index contributed by atoms with van der Waals surface area (Å²) in [6, 6.07) is 6.60. The summed E-state index contributed by atoms with van der Waals surface area (Å²) in [7, 11) is 0. The van der Waals surface area contributed by atoms with Crippen LogP contribution in [0.3, 0.4) is 0 Å². The van der Waals surface area contributed by atoms with E-state index in [1.165, 1.54) is 12.1 Å². The molecule has 146 valence electrons. The molecule has 8 heteroatoms. The molecule has 0 bridgehead atoms. The van der Waals surface area contributed by atoms with Gasteiger partial charge >= 0.3 is 12.3 Å². The number of rotatable bonds is 1. The largest absolute Gasteiger partial charge is 0.444 e. The van der Waals surface area contributed by atoms with Crippen molar-refractivity contribution in [2.45, 2.75) is 58.6 Å². The highest BCUT2D eigenvalue weighted by atomic mass is 19.4. The molecule has 0 radical (unpaired) electrons. The lowest BCUT2D eigenvalue weighted by molar-refractivity contribution is -0.137. The number of hydrogen-bond donors (Lipinski definition) is 0. The Morgan fingerprint density at radius 1 is 1.19 bits per heavy atom. The molecule has 0 saturated heterocycles. The van der Waals surface area contributed by atoms with Gasteiger partial charge in [0.2, 0.25) is 0 Å². The van der Waals surface area contributed by atoms with Crippen LogP contribution >= 0.6 is 0 Å². The minimum Gasteiger partial charge on any atom is -0.444 e. The van der Waals surface area contributed by atoms with Crippen molar-refractivity contribution < 1.29 is 22.7 Å². The van der Waals surface area contributed by atoms with Crippen LogP contribution in [-0.4, -0.2) is 32.4 Å². The van der Waals surface area contributed by atoms with E-state index in [1.54, 1.807) is 15.6 Å². The standard InChI is InChI=1S/C19H22F3N3O2/c1-12-10-25-15(11-24(12)17(26)27-18(2,3)4)9-16(23-25)13-5-7-14(8-6-13)19(20,21)22/h5-9,12H,10-11H2,1-4H3/t12-/m0/s1. The van der Waals surface area contributed by atoms with Gasteiger partial charge < -0.3 is 4.74 Å². The minimum absolute atomic E-state index is 0.104. The first-order valence-electron chi connectivity index (χ1n) is 8.68. The molecule has 1 amide bonds. The number of alkyl halides is 3. The summed E-state index contributed by atoms with van der Waals surface area (Å²) in [5, 5.41) is 4.49. The predicted molar refractivity (Wildman–Crippen MR) is 93.9 cm³/mol. The molecule has 2 heterocycles. The van der Waals surface area contributed by atoms with Gasteiger partial charge in [0, 0.05) is 5.56 Å². The van der Waals surface area contributed by atoms with Gasteiger partial charge in [-0.05, 0) is 45.9 Å². The smallest absolute Gasteiger partial charge is 0.416 e. The van der Waals surface area contributed by atoms with E-state index in [-0.39, 0.29) is 6.04 Å². The SMILES string of the molecule is C[C@H]1Cn2nc(-c3ccc(C(F)(F)F)cc3)cc2CN1C(=O)OC(C)(C)C. The van der Waals surface area contributed by atoms with Crippen LogP contribution in [0.4, 0.5) is 18.0 Å². The number of aromatic nitrogens is 2. The van der Waals surface area contributed by atoms with Crippen molar-refractivity contribution in [1.82, 2.24) is 14.7 Å². The molecule has 3 rings (SSSR count). The van der Waals surface area contributed by atoms with Gasteiger partial charge in [0.25, 0.3) is 0 Å². The normalized spacial score (nSPS) is 17.6. The Bertz CT molecular complexity index is 835. The Hall–Kier alpha value is -2.51. The van der Waals surface area contributed by atoms with Crippen LogP contribution in [0.1, 0.15) is 39.0 Å². The molecule has 2 aromatic rings. The monoisotopic (exact) mass is 381 g/mol. The van der Waals surface area contributed by atoms with Crippen molar-refractivity contribution in [2.24, 2.45) is 0 Å². The topological polar surface area (TPSA) is 47.4 Å². The number of amides is 1. The molecule has 0 saturated carbocycles. The summed E-state index contributed by atoms with van der Waals surface area (Å²) in [4.78, 5) is 14.0. The van der Waals surface area contributed by atoms with Crippen LogP contribution in [0.5, 0.6) is 0 Å². The van der Waals surface area contributed by atoms with E-state index >= 15 is 0 Å². The van der Waals surface area contributed by atoms with Crippen LogP contribution < -0.4 is 0 Å². The van der Waals surface area contributed by atoms with Crippen LogP contribution in [0.2, 0.25) is 0 Å². The summed E-state index contributed by atoms with van der Waals surface area (Å²) in [6.07, 6.45) is -4.76. The van der Waals surface area contributed by atoms with E-state index in [2.05, 4.69) is 5.10 Å². The zero-order valence-corrected chi connectivity index (χ0v) is 15.7. The fourth-order valence-electron chi connectivity index (χ4n) is 2.96. The molecule has 0 spiro atoms. The molecule has 1 aromatic carbocycles. The zero-order chi connectivity index (χ0) is 20.0. The van der Waals surface area contributed by atoms with Crippen molar-refractivity contribution in [1.29, 1.82) is 0 Å². The first-order valence-corrected chi connectivity index (χ1v) is 8.68. The van der Waals surface area contributed by atoms with Crippen molar-refractivity contribution in [2.75, 3.05) is 0 Å². The van der Waals surface area contributed by atoms with Gasteiger partial charge in [-0.1, -0.05) is 12.1 Å². The highest BCUT2D eigenvalue weighted by Gasteiger charge is 2.32. The average Bonchev–Trinajstić information content (AvgIpc) is 2.94. The summed E-state index contributed by atoms with van der Waals surface area (Å²) in [5.41, 5.74) is 0.715. The molecule has 0 fully saturated rings.